The standard InChI is InChI=1S/C17H32N6O2/c1-5-25-10-6-9-18-17(20-15(12-24-4)14-7-8-14)19-11-16-22-21-13(2)23(16)3/h14-15H,5-12H2,1-4H3,(H2,18,19,20). The van der Waals surface area contributed by atoms with Crippen LogP contribution in [0, 0.1) is 12.8 Å². The number of hydrogen-bond acceptors (Lipinski definition) is 5. The Morgan fingerprint density at radius 1 is 1.40 bits per heavy atom. The molecular weight excluding hydrogens is 320 g/mol. The van der Waals surface area contributed by atoms with Gasteiger partial charge < -0.3 is 24.7 Å². The summed E-state index contributed by atoms with van der Waals surface area (Å²) in [7, 11) is 3.70. The highest BCUT2D eigenvalue weighted by Gasteiger charge is 2.31. The van der Waals surface area contributed by atoms with Gasteiger partial charge in [0.05, 0.1) is 12.6 Å². The average molecular weight is 352 g/mol. The van der Waals surface area contributed by atoms with Crippen molar-refractivity contribution in [2.45, 2.75) is 45.7 Å². The van der Waals surface area contributed by atoms with Gasteiger partial charge in [-0.2, -0.15) is 0 Å². The van der Waals surface area contributed by atoms with Gasteiger partial charge in [0.15, 0.2) is 11.8 Å². The predicted molar refractivity (Wildman–Crippen MR) is 97.5 cm³/mol. The van der Waals surface area contributed by atoms with E-state index in [1.54, 1.807) is 7.11 Å². The number of rotatable bonds is 11. The number of nitrogens with zero attached hydrogens (tertiary/aromatic N) is 4. The third kappa shape index (κ3) is 6.62. The lowest BCUT2D eigenvalue weighted by Crippen LogP contribution is -2.46. The number of aliphatic imine (C=N–C) groups is 1. The van der Waals surface area contributed by atoms with Crippen molar-refractivity contribution in [3.8, 4) is 0 Å². The van der Waals surface area contributed by atoms with E-state index in [9.17, 15) is 0 Å². The van der Waals surface area contributed by atoms with Gasteiger partial charge in [-0.15, -0.1) is 10.2 Å². The summed E-state index contributed by atoms with van der Waals surface area (Å²) in [6.45, 7) is 7.44. The van der Waals surface area contributed by atoms with Crippen LogP contribution in [0.2, 0.25) is 0 Å². The third-order valence-electron chi connectivity index (χ3n) is 4.38. The lowest BCUT2D eigenvalue weighted by atomic mass is 10.2. The smallest absolute Gasteiger partial charge is 0.192 e. The van der Waals surface area contributed by atoms with Gasteiger partial charge in [-0.05, 0) is 39.0 Å². The summed E-state index contributed by atoms with van der Waals surface area (Å²) < 4.78 is 12.7. The van der Waals surface area contributed by atoms with Crippen LogP contribution in [-0.2, 0) is 23.1 Å². The summed E-state index contributed by atoms with van der Waals surface area (Å²) in [4.78, 5) is 4.69. The number of methoxy groups -OCH3 is 1. The lowest BCUT2D eigenvalue weighted by molar-refractivity contribution is 0.145. The Bertz CT molecular complexity index is 541. The highest BCUT2D eigenvalue weighted by Crippen LogP contribution is 2.32. The summed E-state index contributed by atoms with van der Waals surface area (Å²) in [6.07, 6.45) is 3.44. The minimum Gasteiger partial charge on any atom is -0.383 e. The van der Waals surface area contributed by atoms with Crippen LogP contribution in [0.4, 0.5) is 0 Å². The van der Waals surface area contributed by atoms with Crippen molar-refractivity contribution in [3.05, 3.63) is 11.6 Å². The van der Waals surface area contributed by atoms with Crippen LogP contribution in [0.25, 0.3) is 0 Å². The second-order valence-electron chi connectivity index (χ2n) is 6.41. The van der Waals surface area contributed by atoms with E-state index < -0.39 is 0 Å². The van der Waals surface area contributed by atoms with Crippen molar-refractivity contribution < 1.29 is 9.47 Å². The molecule has 0 aromatic carbocycles. The van der Waals surface area contributed by atoms with Gasteiger partial charge in [0.25, 0.3) is 0 Å². The van der Waals surface area contributed by atoms with E-state index in [0.29, 0.717) is 25.1 Å². The fourth-order valence-electron chi connectivity index (χ4n) is 2.57. The van der Waals surface area contributed by atoms with E-state index >= 15 is 0 Å². The molecule has 142 valence electrons. The molecular formula is C17H32N6O2. The minimum absolute atomic E-state index is 0.296. The zero-order valence-corrected chi connectivity index (χ0v) is 15.9. The summed E-state index contributed by atoms with van der Waals surface area (Å²) in [5, 5.41) is 15.2. The van der Waals surface area contributed by atoms with Crippen LogP contribution in [0.1, 0.15) is 37.8 Å². The Kier molecular flexibility index (Phi) is 8.14. The van der Waals surface area contributed by atoms with Gasteiger partial charge in [-0.25, -0.2) is 4.99 Å². The monoisotopic (exact) mass is 352 g/mol. The van der Waals surface area contributed by atoms with Gasteiger partial charge in [-0.1, -0.05) is 0 Å². The molecule has 25 heavy (non-hydrogen) atoms. The van der Waals surface area contributed by atoms with Gasteiger partial charge in [0.2, 0.25) is 0 Å². The van der Waals surface area contributed by atoms with Crippen molar-refractivity contribution >= 4 is 5.96 Å². The SMILES string of the molecule is CCOCCCNC(=NCc1nnc(C)n1C)NC(COC)C1CC1. The van der Waals surface area contributed by atoms with Crippen LogP contribution in [0.15, 0.2) is 4.99 Å². The highest BCUT2D eigenvalue weighted by atomic mass is 16.5. The van der Waals surface area contributed by atoms with Crippen LogP contribution in [0.3, 0.4) is 0 Å². The molecule has 0 aliphatic heterocycles. The van der Waals surface area contributed by atoms with Crippen LogP contribution in [-0.4, -0.2) is 60.2 Å². The number of aryl methyl sites for hydroxylation is 1. The summed E-state index contributed by atoms with van der Waals surface area (Å²) >= 11 is 0. The highest BCUT2D eigenvalue weighted by molar-refractivity contribution is 5.80. The zero-order chi connectivity index (χ0) is 18.1. The molecule has 1 aromatic heterocycles. The normalized spacial score (nSPS) is 16.1. The van der Waals surface area contributed by atoms with Gasteiger partial charge in [0.1, 0.15) is 12.4 Å². The molecule has 0 amide bonds. The molecule has 1 heterocycles. The Labute approximate surface area is 150 Å². The molecule has 8 heteroatoms. The number of nitrogens with one attached hydrogen (secondary N) is 2. The second-order valence-corrected chi connectivity index (χ2v) is 6.41. The average Bonchev–Trinajstić information content (AvgIpc) is 3.40. The molecule has 1 fully saturated rings. The summed E-state index contributed by atoms with van der Waals surface area (Å²) in [5.41, 5.74) is 0. The maximum atomic E-state index is 5.39. The fourth-order valence-corrected chi connectivity index (χ4v) is 2.57. The largest absolute Gasteiger partial charge is 0.383 e. The number of hydrogen-bond donors (Lipinski definition) is 2. The van der Waals surface area contributed by atoms with E-state index in [1.807, 2.05) is 25.5 Å². The maximum absolute atomic E-state index is 5.39. The summed E-state index contributed by atoms with van der Waals surface area (Å²) in [5.74, 6) is 3.21. The van der Waals surface area contributed by atoms with Crippen molar-refractivity contribution in [3.63, 3.8) is 0 Å². The molecule has 0 radical (unpaired) electrons. The molecule has 1 unspecified atom stereocenters. The van der Waals surface area contributed by atoms with E-state index in [0.717, 1.165) is 43.8 Å². The molecule has 1 atom stereocenters. The quantitative estimate of drug-likeness (QED) is 0.351. The first-order valence-electron chi connectivity index (χ1n) is 9.12. The maximum Gasteiger partial charge on any atom is 0.192 e. The number of aromatic nitrogens is 3. The topological polar surface area (TPSA) is 85.6 Å². The Morgan fingerprint density at radius 3 is 2.80 bits per heavy atom. The molecule has 8 nitrogen and oxygen atoms in total. The van der Waals surface area contributed by atoms with Gasteiger partial charge in [0, 0.05) is 33.9 Å². The molecule has 1 aliphatic rings. The molecule has 0 bridgehead atoms. The number of guanidine groups is 1. The Hall–Kier alpha value is -1.67. The Balaban J connectivity index is 1.94. The molecule has 1 aromatic rings. The van der Waals surface area contributed by atoms with Gasteiger partial charge in [-0.3, -0.25) is 0 Å². The minimum atomic E-state index is 0.296. The first-order valence-corrected chi connectivity index (χ1v) is 9.12. The van der Waals surface area contributed by atoms with E-state index in [4.69, 9.17) is 14.5 Å². The second kappa shape index (κ2) is 10.4. The lowest BCUT2D eigenvalue weighted by Gasteiger charge is -2.21. The molecule has 1 aliphatic carbocycles. The van der Waals surface area contributed by atoms with Crippen LogP contribution < -0.4 is 10.6 Å². The van der Waals surface area contributed by atoms with Crippen molar-refractivity contribution in [1.29, 1.82) is 0 Å². The van der Waals surface area contributed by atoms with E-state index in [1.165, 1.54) is 12.8 Å². The molecule has 0 spiro atoms. The van der Waals surface area contributed by atoms with Crippen LogP contribution >= 0.6 is 0 Å². The van der Waals surface area contributed by atoms with Crippen molar-refractivity contribution in [1.82, 2.24) is 25.4 Å². The summed E-state index contributed by atoms with van der Waals surface area (Å²) in [6, 6.07) is 0.296. The first kappa shape index (κ1) is 19.7. The third-order valence-corrected chi connectivity index (χ3v) is 4.38. The van der Waals surface area contributed by atoms with E-state index in [2.05, 4.69) is 20.8 Å². The zero-order valence-electron chi connectivity index (χ0n) is 15.9. The van der Waals surface area contributed by atoms with Crippen molar-refractivity contribution in [2.75, 3.05) is 33.5 Å². The van der Waals surface area contributed by atoms with E-state index in [-0.39, 0.29) is 0 Å². The molecule has 1 saturated carbocycles. The molecule has 2 N–H and O–H groups in total. The van der Waals surface area contributed by atoms with Crippen molar-refractivity contribution in [2.24, 2.45) is 18.0 Å². The first-order chi connectivity index (χ1) is 12.2. The van der Waals surface area contributed by atoms with Crippen LogP contribution in [0.5, 0.6) is 0 Å². The predicted octanol–water partition coefficient (Wildman–Crippen LogP) is 1.01. The fraction of sp³-hybridized carbons (Fsp3) is 0.824. The molecule has 2 rings (SSSR count). The number of ether oxygens (including phenoxy) is 2. The van der Waals surface area contributed by atoms with Gasteiger partial charge >= 0.3 is 0 Å². The Morgan fingerprint density at radius 2 is 2.20 bits per heavy atom. The molecule has 0 saturated heterocycles.